The summed E-state index contributed by atoms with van der Waals surface area (Å²) in [5.74, 6) is 2.12. The molecule has 1 aromatic carbocycles. The third-order valence-electron chi connectivity index (χ3n) is 4.33. The first-order valence-electron chi connectivity index (χ1n) is 8.27. The standard InChI is InChI=1S/C18H24N4O/c1-23-15-8-3-7-14(11-15)18-21-12-16(20-10-4-9-19)17(22-18)13-5-2-6-13/h3,7-8,11-13,20H,2,4-6,9-10,19H2,1H3. The molecule has 0 saturated heterocycles. The summed E-state index contributed by atoms with van der Waals surface area (Å²) in [6, 6.07) is 7.89. The highest BCUT2D eigenvalue weighted by Crippen LogP contribution is 2.39. The molecule has 1 fully saturated rings. The number of aromatic nitrogens is 2. The Morgan fingerprint density at radius 1 is 1.35 bits per heavy atom. The van der Waals surface area contributed by atoms with E-state index >= 15 is 0 Å². The van der Waals surface area contributed by atoms with Crippen LogP contribution in [0.15, 0.2) is 30.5 Å². The van der Waals surface area contributed by atoms with Gasteiger partial charge in [0.2, 0.25) is 0 Å². The number of nitrogens with zero attached hydrogens (tertiary/aromatic N) is 2. The summed E-state index contributed by atoms with van der Waals surface area (Å²) < 4.78 is 5.30. The van der Waals surface area contributed by atoms with E-state index < -0.39 is 0 Å². The molecule has 23 heavy (non-hydrogen) atoms. The van der Waals surface area contributed by atoms with Crippen LogP contribution in [0, 0.1) is 0 Å². The molecule has 122 valence electrons. The fourth-order valence-electron chi connectivity index (χ4n) is 2.75. The van der Waals surface area contributed by atoms with E-state index in [2.05, 4.69) is 10.3 Å². The Bertz CT molecular complexity index is 655. The maximum absolute atomic E-state index is 5.57. The summed E-state index contributed by atoms with van der Waals surface area (Å²) in [4.78, 5) is 9.40. The van der Waals surface area contributed by atoms with Crippen LogP contribution < -0.4 is 15.8 Å². The highest BCUT2D eigenvalue weighted by Gasteiger charge is 2.24. The van der Waals surface area contributed by atoms with Crippen molar-refractivity contribution in [3.8, 4) is 17.1 Å². The molecule has 0 atom stereocenters. The molecule has 5 heteroatoms. The quantitative estimate of drug-likeness (QED) is 0.768. The van der Waals surface area contributed by atoms with Gasteiger partial charge in [-0.05, 0) is 37.9 Å². The Balaban J connectivity index is 1.89. The minimum Gasteiger partial charge on any atom is -0.497 e. The summed E-state index contributed by atoms with van der Waals surface area (Å²) >= 11 is 0. The fourth-order valence-corrected chi connectivity index (χ4v) is 2.75. The molecule has 3 N–H and O–H groups in total. The second-order valence-corrected chi connectivity index (χ2v) is 5.92. The lowest BCUT2D eigenvalue weighted by molar-refractivity contribution is 0.411. The van der Waals surface area contributed by atoms with Crippen LogP contribution in [0.2, 0.25) is 0 Å². The van der Waals surface area contributed by atoms with Gasteiger partial charge >= 0.3 is 0 Å². The molecule has 1 aliphatic rings. The zero-order chi connectivity index (χ0) is 16.1. The van der Waals surface area contributed by atoms with Crippen molar-refractivity contribution in [1.29, 1.82) is 0 Å². The molecule has 0 aliphatic heterocycles. The Hall–Kier alpha value is -2.14. The van der Waals surface area contributed by atoms with Crippen LogP contribution in [0.3, 0.4) is 0 Å². The van der Waals surface area contributed by atoms with Crippen molar-refractivity contribution in [2.45, 2.75) is 31.6 Å². The number of benzene rings is 1. The van der Waals surface area contributed by atoms with Crippen molar-refractivity contribution in [2.24, 2.45) is 5.73 Å². The Morgan fingerprint density at radius 2 is 2.22 bits per heavy atom. The molecule has 0 unspecified atom stereocenters. The van der Waals surface area contributed by atoms with Gasteiger partial charge in [-0.2, -0.15) is 0 Å². The molecule has 1 aromatic heterocycles. The number of methoxy groups -OCH3 is 1. The molecule has 0 spiro atoms. The van der Waals surface area contributed by atoms with E-state index in [1.807, 2.05) is 30.5 Å². The van der Waals surface area contributed by atoms with Crippen LogP contribution in [0.25, 0.3) is 11.4 Å². The van der Waals surface area contributed by atoms with E-state index in [-0.39, 0.29) is 0 Å². The number of hydrogen-bond acceptors (Lipinski definition) is 5. The number of rotatable bonds is 7. The summed E-state index contributed by atoms with van der Waals surface area (Å²) in [6.07, 6.45) is 6.55. The summed E-state index contributed by atoms with van der Waals surface area (Å²) in [6.45, 7) is 1.55. The van der Waals surface area contributed by atoms with E-state index in [1.54, 1.807) is 7.11 Å². The third kappa shape index (κ3) is 3.62. The van der Waals surface area contributed by atoms with Crippen LogP contribution in [0.1, 0.15) is 37.3 Å². The van der Waals surface area contributed by atoms with Gasteiger partial charge < -0.3 is 15.8 Å². The highest BCUT2D eigenvalue weighted by atomic mass is 16.5. The molecule has 1 saturated carbocycles. The molecule has 1 aliphatic carbocycles. The maximum Gasteiger partial charge on any atom is 0.159 e. The smallest absolute Gasteiger partial charge is 0.159 e. The largest absolute Gasteiger partial charge is 0.497 e. The topological polar surface area (TPSA) is 73.1 Å². The van der Waals surface area contributed by atoms with Gasteiger partial charge in [-0.3, -0.25) is 0 Å². The van der Waals surface area contributed by atoms with Gasteiger partial charge in [0.15, 0.2) is 5.82 Å². The maximum atomic E-state index is 5.57. The van der Waals surface area contributed by atoms with Crippen LogP contribution in [0.4, 0.5) is 5.69 Å². The van der Waals surface area contributed by atoms with Gasteiger partial charge in [0.05, 0.1) is 24.7 Å². The van der Waals surface area contributed by atoms with Gasteiger partial charge in [-0.1, -0.05) is 18.6 Å². The first kappa shape index (κ1) is 15.7. The molecular weight excluding hydrogens is 288 g/mol. The van der Waals surface area contributed by atoms with Crippen molar-refractivity contribution in [1.82, 2.24) is 9.97 Å². The minimum atomic E-state index is 0.544. The Kier molecular flexibility index (Phi) is 5.08. The summed E-state index contributed by atoms with van der Waals surface area (Å²) in [5.41, 5.74) is 8.75. The summed E-state index contributed by atoms with van der Waals surface area (Å²) in [5, 5.41) is 3.43. The van der Waals surface area contributed by atoms with E-state index in [4.69, 9.17) is 15.5 Å². The van der Waals surface area contributed by atoms with Gasteiger partial charge in [0, 0.05) is 18.0 Å². The van der Waals surface area contributed by atoms with Crippen LogP contribution in [0.5, 0.6) is 5.75 Å². The van der Waals surface area contributed by atoms with Gasteiger partial charge in [-0.25, -0.2) is 9.97 Å². The van der Waals surface area contributed by atoms with Crippen LogP contribution >= 0.6 is 0 Å². The number of anilines is 1. The van der Waals surface area contributed by atoms with Crippen molar-refractivity contribution in [2.75, 3.05) is 25.5 Å². The first-order valence-corrected chi connectivity index (χ1v) is 8.27. The van der Waals surface area contributed by atoms with Crippen molar-refractivity contribution in [3.63, 3.8) is 0 Å². The third-order valence-corrected chi connectivity index (χ3v) is 4.33. The molecule has 5 nitrogen and oxygen atoms in total. The predicted octanol–water partition coefficient (Wildman–Crippen LogP) is 3.18. The summed E-state index contributed by atoms with van der Waals surface area (Å²) in [7, 11) is 1.67. The molecule has 0 amide bonds. The minimum absolute atomic E-state index is 0.544. The number of ether oxygens (including phenoxy) is 1. The van der Waals surface area contributed by atoms with E-state index in [1.165, 1.54) is 19.3 Å². The second kappa shape index (κ2) is 7.42. The average molecular weight is 312 g/mol. The number of hydrogen-bond donors (Lipinski definition) is 2. The number of nitrogens with two attached hydrogens (primary N) is 1. The van der Waals surface area contributed by atoms with Gasteiger partial charge in [0.1, 0.15) is 5.75 Å². The average Bonchev–Trinajstić information content (AvgIpc) is 2.55. The predicted molar refractivity (Wildman–Crippen MR) is 92.8 cm³/mol. The molecule has 0 radical (unpaired) electrons. The van der Waals surface area contributed by atoms with Crippen molar-refractivity contribution < 1.29 is 4.74 Å². The molecule has 0 bridgehead atoms. The van der Waals surface area contributed by atoms with Crippen molar-refractivity contribution in [3.05, 3.63) is 36.2 Å². The van der Waals surface area contributed by atoms with Gasteiger partial charge in [-0.15, -0.1) is 0 Å². The lowest BCUT2D eigenvalue weighted by Gasteiger charge is -2.27. The normalized spacial score (nSPS) is 14.3. The molecule has 2 aromatic rings. The van der Waals surface area contributed by atoms with E-state index in [9.17, 15) is 0 Å². The van der Waals surface area contributed by atoms with E-state index in [0.29, 0.717) is 12.5 Å². The van der Waals surface area contributed by atoms with Crippen LogP contribution in [-0.2, 0) is 0 Å². The molecular formula is C18H24N4O. The van der Waals surface area contributed by atoms with Crippen molar-refractivity contribution >= 4 is 5.69 Å². The van der Waals surface area contributed by atoms with Crippen LogP contribution in [-0.4, -0.2) is 30.2 Å². The Morgan fingerprint density at radius 3 is 2.91 bits per heavy atom. The van der Waals surface area contributed by atoms with Gasteiger partial charge in [0.25, 0.3) is 0 Å². The molecule has 1 heterocycles. The number of nitrogens with one attached hydrogen (secondary N) is 1. The Labute approximate surface area is 137 Å². The lowest BCUT2D eigenvalue weighted by atomic mass is 9.82. The first-order chi connectivity index (χ1) is 11.3. The molecule has 3 rings (SSSR count). The monoisotopic (exact) mass is 312 g/mol. The SMILES string of the molecule is COc1cccc(-c2ncc(NCCCN)c(C3CCC3)n2)c1. The highest BCUT2D eigenvalue weighted by molar-refractivity contribution is 5.60. The van der Waals surface area contributed by atoms with E-state index in [0.717, 1.165) is 41.5 Å². The zero-order valence-corrected chi connectivity index (χ0v) is 13.6. The fraction of sp³-hybridized carbons (Fsp3) is 0.444. The second-order valence-electron chi connectivity index (χ2n) is 5.92. The zero-order valence-electron chi connectivity index (χ0n) is 13.6. The lowest BCUT2D eigenvalue weighted by Crippen LogP contribution is -2.16.